The van der Waals surface area contributed by atoms with Crippen molar-refractivity contribution in [1.29, 1.82) is 0 Å². The summed E-state index contributed by atoms with van der Waals surface area (Å²) in [6.45, 7) is 3.76. The second-order valence-corrected chi connectivity index (χ2v) is 4.22. The van der Waals surface area contributed by atoms with Crippen molar-refractivity contribution in [1.82, 2.24) is 9.38 Å². The lowest BCUT2D eigenvalue weighted by Gasteiger charge is -1.97. The van der Waals surface area contributed by atoms with Gasteiger partial charge < -0.3 is 5.73 Å². The monoisotopic (exact) mass is 221 g/mol. The Labute approximate surface area is 91.0 Å². The molecule has 0 aliphatic rings. The number of hydrogen-bond acceptors (Lipinski definition) is 3. The summed E-state index contributed by atoms with van der Waals surface area (Å²) in [5.74, 6) is 0.362. The fraction of sp³-hybridized carbons (Fsp3) is 0.200. The third-order valence-corrected chi connectivity index (χ3v) is 3.18. The fourth-order valence-electron chi connectivity index (χ4n) is 1.53. The lowest BCUT2D eigenvalue weighted by atomic mass is 10.3. The predicted molar refractivity (Wildman–Crippen MR) is 61.0 cm³/mol. The summed E-state index contributed by atoms with van der Waals surface area (Å²) in [7, 11) is 0. The third-order valence-electron chi connectivity index (χ3n) is 2.13. The first-order valence-corrected chi connectivity index (χ1v) is 5.36. The lowest BCUT2D eigenvalue weighted by molar-refractivity contribution is 0.0994. The van der Waals surface area contributed by atoms with Gasteiger partial charge in [0.15, 0.2) is 0 Å². The number of nitrogens with zero attached hydrogens (tertiary/aromatic N) is 2. The Hall–Kier alpha value is -1.62. The summed E-state index contributed by atoms with van der Waals surface area (Å²) in [5.41, 5.74) is 5.89. The Kier molecular flexibility index (Phi) is 2.32. The number of fused-ring (bicyclic) bond motifs is 1. The number of carbonyl (C=O) groups is 1. The number of carbonyl (C=O) groups excluding carboxylic acids is 1. The minimum atomic E-state index is -0.421. The van der Waals surface area contributed by atoms with Crippen LogP contribution in [0.2, 0.25) is 0 Å². The van der Waals surface area contributed by atoms with Crippen molar-refractivity contribution in [2.75, 3.05) is 0 Å². The Morgan fingerprint density at radius 3 is 3.00 bits per heavy atom. The maximum absolute atomic E-state index is 11.4. The second kappa shape index (κ2) is 3.51. The van der Waals surface area contributed by atoms with Crippen LogP contribution in [-0.4, -0.2) is 15.3 Å². The van der Waals surface area contributed by atoms with Crippen LogP contribution >= 0.6 is 11.3 Å². The largest absolute Gasteiger partial charge is 0.364 e. The number of aromatic nitrogens is 2. The number of nitrogens with two attached hydrogens (primary N) is 1. The van der Waals surface area contributed by atoms with Crippen LogP contribution in [0, 0.1) is 6.92 Å². The van der Waals surface area contributed by atoms with Crippen molar-refractivity contribution in [2.24, 2.45) is 5.73 Å². The molecular weight excluding hydrogens is 210 g/mol. The molecule has 2 aromatic heterocycles. The molecule has 0 bridgehead atoms. The molecule has 2 aromatic rings. The average molecular weight is 221 g/mol. The quantitative estimate of drug-likeness (QED) is 0.841. The van der Waals surface area contributed by atoms with E-state index in [0.717, 1.165) is 15.5 Å². The van der Waals surface area contributed by atoms with Crippen molar-refractivity contribution < 1.29 is 4.79 Å². The standard InChI is InChI=1S/C10H11N3OS/c1-3-4-7-9(10(11)14)13-6(2)12-5-8(13)15-7/h3-5H,1-2H3,(H2,11,14). The molecule has 0 radical (unpaired) electrons. The molecule has 2 rings (SSSR count). The molecule has 2 heterocycles. The summed E-state index contributed by atoms with van der Waals surface area (Å²) < 4.78 is 1.79. The molecule has 0 aliphatic heterocycles. The molecular formula is C10H11N3OS. The molecule has 0 unspecified atom stereocenters. The first kappa shape index (κ1) is 9.92. The van der Waals surface area contributed by atoms with E-state index >= 15 is 0 Å². The maximum Gasteiger partial charge on any atom is 0.267 e. The van der Waals surface area contributed by atoms with Crippen molar-refractivity contribution in [2.45, 2.75) is 13.8 Å². The topological polar surface area (TPSA) is 60.4 Å². The van der Waals surface area contributed by atoms with Gasteiger partial charge >= 0.3 is 0 Å². The molecule has 0 atom stereocenters. The van der Waals surface area contributed by atoms with Gasteiger partial charge in [-0.3, -0.25) is 9.20 Å². The minimum absolute atomic E-state index is 0.421. The summed E-state index contributed by atoms with van der Waals surface area (Å²) in [6, 6.07) is 0. The van der Waals surface area contributed by atoms with Crippen LogP contribution in [0.4, 0.5) is 0 Å². The zero-order chi connectivity index (χ0) is 11.0. The zero-order valence-electron chi connectivity index (χ0n) is 8.52. The molecule has 0 fully saturated rings. The predicted octanol–water partition coefficient (Wildman–Crippen LogP) is 1.84. The number of primary amides is 1. The van der Waals surface area contributed by atoms with Gasteiger partial charge in [-0.15, -0.1) is 11.3 Å². The first-order chi connectivity index (χ1) is 7.15. The molecule has 4 nitrogen and oxygen atoms in total. The fourth-order valence-corrected chi connectivity index (χ4v) is 2.67. The van der Waals surface area contributed by atoms with E-state index in [2.05, 4.69) is 4.98 Å². The highest BCUT2D eigenvalue weighted by molar-refractivity contribution is 7.18. The number of rotatable bonds is 2. The highest BCUT2D eigenvalue weighted by Crippen LogP contribution is 2.25. The van der Waals surface area contributed by atoms with Gasteiger partial charge in [-0.25, -0.2) is 4.98 Å². The molecule has 0 saturated heterocycles. The van der Waals surface area contributed by atoms with Crippen LogP contribution in [0.15, 0.2) is 12.3 Å². The Morgan fingerprint density at radius 1 is 1.67 bits per heavy atom. The van der Waals surface area contributed by atoms with Gasteiger partial charge in [0.05, 0.1) is 11.1 Å². The zero-order valence-corrected chi connectivity index (χ0v) is 9.34. The molecule has 1 amide bonds. The van der Waals surface area contributed by atoms with Crippen molar-refractivity contribution >= 4 is 28.2 Å². The first-order valence-electron chi connectivity index (χ1n) is 4.54. The molecule has 0 aliphatic carbocycles. The number of allylic oxidation sites excluding steroid dienone is 1. The summed E-state index contributed by atoms with van der Waals surface area (Å²) >= 11 is 1.51. The number of thiazole rings is 1. The van der Waals surface area contributed by atoms with E-state index in [1.165, 1.54) is 11.3 Å². The van der Waals surface area contributed by atoms with Gasteiger partial charge in [0.1, 0.15) is 16.3 Å². The molecule has 15 heavy (non-hydrogen) atoms. The SMILES string of the molecule is CC=Cc1sc2cnc(C)n2c1C(N)=O. The van der Waals surface area contributed by atoms with Crippen molar-refractivity contribution in [3.05, 3.63) is 28.7 Å². The van der Waals surface area contributed by atoms with Crippen molar-refractivity contribution in [3.63, 3.8) is 0 Å². The Bertz CT molecular complexity index is 550. The van der Waals surface area contributed by atoms with E-state index in [0.29, 0.717) is 5.69 Å². The van der Waals surface area contributed by atoms with Gasteiger partial charge in [-0.2, -0.15) is 0 Å². The van der Waals surface area contributed by atoms with Crippen LogP contribution in [0.25, 0.3) is 10.9 Å². The third kappa shape index (κ3) is 1.45. The molecule has 0 aromatic carbocycles. The van der Waals surface area contributed by atoms with E-state index < -0.39 is 5.91 Å². The number of aryl methyl sites for hydroxylation is 1. The number of imidazole rings is 1. The average Bonchev–Trinajstić information content (AvgIpc) is 2.67. The van der Waals surface area contributed by atoms with E-state index in [-0.39, 0.29) is 0 Å². The molecule has 0 spiro atoms. The van der Waals surface area contributed by atoms with Crippen LogP contribution < -0.4 is 5.73 Å². The normalized spacial score (nSPS) is 11.6. The number of hydrogen-bond donors (Lipinski definition) is 1. The van der Waals surface area contributed by atoms with Crippen LogP contribution in [-0.2, 0) is 0 Å². The molecule has 5 heteroatoms. The molecule has 78 valence electrons. The smallest absolute Gasteiger partial charge is 0.267 e. The maximum atomic E-state index is 11.4. The van der Waals surface area contributed by atoms with Gasteiger partial charge in [0, 0.05) is 0 Å². The van der Waals surface area contributed by atoms with Gasteiger partial charge in [0.25, 0.3) is 5.91 Å². The highest BCUT2D eigenvalue weighted by Gasteiger charge is 2.16. The second-order valence-electron chi connectivity index (χ2n) is 3.16. The van der Waals surface area contributed by atoms with E-state index in [9.17, 15) is 4.79 Å². The number of amides is 1. The van der Waals surface area contributed by atoms with Crippen LogP contribution in [0.1, 0.15) is 28.1 Å². The minimum Gasteiger partial charge on any atom is -0.364 e. The van der Waals surface area contributed by atoms with E-state index in [4.69, 9.17) is 5.73 Å². The summed E-state index contributed by atoms with van der Waals surface area (Å²) in [5, 5.41) is 0. The summed E-state index contributed by atoms with van der Waals surface area (Å²) in [4.78, 5) is 17.3. The Morgan fingerprint density at radius 2 is 2.40 bits per heavy atom. The highest BCUT2D eigenvalue weighted by atomic mass is 32.1. The molecule has 2 N–H and O–H groups in total. The van der Waals surface area contributed by atoms with Crippen LogP contribution in [0.5, 0.6) is 0 Å². The van der Waals surface area contributed by atoms with Gasteiger partial charge in [-0.1, -0.05) is 6.08 Å². The van der Waals surface area contributed by atoms with E-state index in [1.807, 2.05) is 26.0 Å². The lowest BCUT2D eigenvalue weighted by Crippen LogP contribution is -2.15. The van der Waals surface area contributed by atoms with Gasteiger partial charge in [-0.05, 0) is 19.9 Å². The van der Waals surface area contributed by atoms with Crippen LogP contribution in [0.3, 0.4) is 0 Å². The van der Waals surface area contributed by atoms with E-state index in [1.54, 1.807) is 10.6 Å². The summed E-state index contributed by atoms with van der Waals surface area (Å²) in [6.07, 6.45) is 5.52. The molecule has 0 saturated carbocycles. The van der Waals surface area contributed by atoms with Crippen molar-refractivity contribution in [3.8, 4) is 0 Å². The Balaban J connectivity index is 2.82. The van der Waals surface area contributed by atoms with Gasteiger partial charge in [0.2, 0.25) is 0 Å².